The summed E-state index contributed by atoms with van der Waals surface area (Å²) in [7, 11) is 3.42. The van der Waals surface area contributed by atoms with Crippen LogP contribution in [0.25, 0.3) is 0 Å². The minimum absolute atomic E-state index is 0.0295. The van der Waals surface area contributed by atoms with Gasteiger partial charge in [0, 0.05) is 19.7 Å². The van der Waals surface area contributed by atoms with E-state index in [0.717, 1.165) is 30.4 Å². The van der Waals surface area contributed by atoms with E-state index in [1.54, 1.807) is 14.2 Å². The Bertz CT molecular complexity index is 435. The number of unbranched alkanes of at least 4 members (excludes halogenated alkanes) is 1. The fourth-order valence-corrected chi connectivity index (χ4v) is 1.79. The van der Waals surface area contributed by atoms with Crippen molar-refractivity contribution in [3.63, 3.8) is 0 Å². The molecule has 1 unspecified atom stereocenters. The van der Waals surface area contributed by atoms with E-state index in [1.807, 2.05) is 31.2 Å². The van der Waals surface area contributed by atoms with Gasteiger partial charge in [0.2, 0.25) is 0 Å². The van der Waals surface area contributed by atoms with Gasteiger partial charge < -0.3 is 20.1 Å². The molecule has 0 amide bonds. The van der Waals surface area contributed by atoms with Crippen molar-refractivity contribution in [2.75, 3.05) is 27.2 Å². The first-order valence-electron chi connectivity index (χ1n) is 7.44. The molecule has 5 heteroatoms. The summed E-state index contributed by atoms with van der Waals surface area (Å²) < 4.78 is 11.0. The number of guanidine groups is 1. The van der Waals surface area contributed by atoms with Crippen LogP contribution in [0.2, 0.25) is 0 Å². The van der Waals surface area contributed by atoms with Crippen LogP contribution in [0.1, 0.15) is 26.7 Å². The molecule has 1 aromatic rings. The Morgan fingerprint density at radius 1 is 1.29 bits per heavy atom. The third kappa shape index (κ3) is 6.88. The van der Waals surface area contributed by atoms with Crippen molar-refractivity contribution in [3.05, 3.63) is 24.3 Å². The minimum atomic E-state index is 0.0295. The predicted molar refractivity (Wildman–Crippen MR) is 87.4 cm³/mol. The molecular formula is C16H27N3O2. The molecule has 0 saturated carbocycles. The van der Waals surface area contributed by atoms with Crippen LogP contribution in [0, 0.1) is 0 Å². The Labute approximate surface area is 127 Å². The lowest BCUT2D eigenvalue weighted by Gasteiger charge is -2.18. The van der Waals surface area contributed by atoms with Crippen LogP contribution >= 0.6 is 0 Å². The molecule has 118 valence electrons. The molecule has 0 fully saturated rings. The standard InChI is InChI=1S/C16H27N3O2/c1-5-6-10-18-16(17-3)19-12-13(2)21-15-9-7-8-14(11-15)20-4/h7-9,11,13H,5-6,10,12H2,1-4H3,(H2,17,18,19). The Hall–Kier alpha value is -1.91. The molecule has 0 saturated heterocycles. The van der Waals surface area contributed by atoms with Crippen molar-refractivity contribution in [3.8, 4) is 11.5 Å². The lowest BCUT2D eigenvalue weighted by Crippen LogP contribution is -2.42. The summed E-state index contributed by atoms with van der Waals surface area (Å²) in [5.74, 6) is 2.41. The molecular weight excluding hydrogens is 266 g/mol. The van der Waals surface area contributed by atoms with Gasteiger partial charge in [-0.3, -0.25) is 4.99 Å². The van der Waals surface area contributed by atoms with Crippen LogP contribution in [-0.4, -0.2) is 39.3 Å². The minimum Gasteiger partial charge on any atom is -0.497 e. The maximum Gasteiger partial charge on any atom is 0.191 e. The monoisotopic (exact) mass is 293 g/mol. The summed E-state index contributed by atoms with van der Waals surface area (Å²) in [6.45, 7) is 5.80. The van der Waals surface area contributed by atoms with E-state index in [0.29, 0.717) is 6.54 Å². The SMILES string of the molecule is CCCCNC(=NC)NCC(C)Oc1cccc(OC)c1. The lowest BCUT2D eigenvalue weighted by molar-refractivity contribution is 0.223. The van der Waals surface area contributed by atoms with Gasteiger partial charge in [-0.2, -0.15) is 0 Å². The molecule has 5 nitrogen and oxygen atoms in total. The van der Waals surface area contributed by atoms with Crippen LogP contribution in [0.4, 0.5) is 0 Å². The van der Waals surface area contributed by atoms with E-state index in [4.69, 9.17) is 9.47 Å². The van der Waals surface area contributed by atoms with Gasteiger partial charge in [0.15, 0.2) is 5.96 Å². The smallest absolute Gasteiger partial charge is 0.191 e. The van der Waals surface area contributed by atoms with Gasteiger partial charge in [0.05, 0.1) is 13.7 Å². The third-order valence-electron chi connectivity index (χ3n) is 2.98. The molecule has 1 rings (SSSR count). The molecule has 21 heavy (non-hydrogen) atoms. The molecule has 0 spiro atoms. The number of rotatable bonds is 8. The summed E-state index contributed by atoms with van der Waals surface area (Å²) in [6.07, 6.45) is 2.33. The number of methoxy groups -OCH3 is 1. The number of hydrogen-bond acceptors (Lipinski definition) is 3. The van der Waals surface area contributed by atoms with E-state index in [1.165, 1.54) is 6.42 Å². The Kier molecular flexibility index (Phi) is 8.09. The molecule has 0 aliphatic heterocycles. The maximum absolute atomic E-state index is 5.85. The number of hydrogen-bond donors (Lipinski definition) is 2. The summed E-state index contributed by atoms with van der Waals surface area (Å²) in [5, 5.41) is 6.53. The second-order valence-corrected chi connectivity index (χ2v) is 4.84. The van der Waals surface area contributed by atoms with Gasteiger partial charge in [-0.25, -0.2) is 0 Å². The normalized spacial score (nSPS) is 12.7. The average Bonchev–Trinajstić information content (AvgIpc) is 2.51. The quantitative estimate of drug-likeness (QED) is 0.439. The van der Waals surface area contributed by atoms with E-state index < -0.39 is 0 Å². The first-order chi connectivity index (χ1) is 10.2. The first kappa shape index (κ1) is 17.1. The predicted octanol–water partition coefficient (Wildman–Crippen LogP) is 2.43. The summed E-state index contributed by atoms with van der Waals surface area (Å²) >= 11 is 0. The second kappa shape index (κ2) is 9.91. The molecule has 0 heterocycles. The molecule has 2 N–H and O–H groups in total. The maximum atomic E-state index is 5.85. The fourth-order valence-electron chi connectivity index (χ4n) is 1.79. The van der Waals surface area contributed by atoms with Gasteiger partial charge in [-0.05, 0) is 25.5 Å². The molecule has 0 radical (unpaired) electrons. The number of nitrogens with one attached hydrogen (secondary N) is 2. The summed E-state index contributed by atoms with van der Waals surface area (Å²) in [4.78, 5) is 4.19. The van der Waals surface area contributed by atoms with Gasteiger partial charge in [0.1, 0.15) is 17.6 Å². The van der Waals surface area contributed by atoms with Gasteiger partial charge >= 0.3 is 0 Å². The third-order valence-corrected chi connectivity index (χ3v) is 2.98. The first-order valence-corrected chi connectivity index (χ1v) is 7.44. The molecule has 1 atom stereocenters. The van der Waals surface area contributed by atoms with Crippen molar-refractivity contribution in [2.45, 2.75) is 32.8 Å². The Morgan fingerprint density at radius 2 is 2.05 bits per heavy atom. The molecule has 0 bridgehead atoms. The van der Waals surface area contributed by atoms with Gasteiger partial charge in [0.25, 0.3) is 0 Å². The van der Waals surface area contributed by atoms with Crippen LogP contribution in [0.3, 0.4) is 0 Å². The Balaban J connectivity index is 2.36. The number of aliphatic imine (C=N–C) groups is 1. The van der Waals surface area contributed by atoms with Crippen molar-refractivity contribution in [1.82, 2.24) is 10.6 Å². The summed E-state index contributed by atoms with van der Waals surface area (Å²) in [5.41, 5.74) is 0. The Morgan fingerprint density at radius 3 is 2.71 bits per heavy atom. The van der Waals surface area contributed by atoms with Gasteiger partial charge in [-0.1, -0.05) is 19.4 Å². The van der Waals surface area contributed by atoms with Crippen LogP contribution < -0.4 is 20.1 Å². The largest absolute Gasteiger partial charge is 0.497 e. The van der Waals surface area contributed by atoms with E-state index >= 15 is 0 Å². The molecule has 0 aliphatic carbocycles. The fraction of sp³-hybridized carbons (Fsp3) is 0.562. The lowest BCUT2D eigenvalue weighted by atomic mass is 10.3. The zero-order valence-corrected chi connectivity index (χ0v) is 13.5. The van der Waals surface area contributed by atoms with Crippen molar-refractivity contribution >= 4 is 5.96 Å². The molecule has 0 aromatic heterocycles. The average molecular weight is 293 g/mol. The second-order valence-electron chi connectivity index (χ2n) is 4.84. The van der Waals surface area contributed by atoms with Crippen LogP contribution in [0.5, 0.6) is 11.5 Å². The van der Waals surface area contributed by atoms with E-state index in [2.05, 4.69) is 22.5 Å². The van der Waals surface area contributed by atoms with Gasteiger partial charge in [-0.15, -0.1) is 0 Å². The number of ether oxygens (including phenoxy) is 2. The molecule has 1 aromatic carbocycles. The highest BCUT2D eigenvalue weighted by molar-refractivity contribution is 5.79. The molecule has 0 aliphatic rings. The van der Waals surface area contributed by atoms with E-state index in [-0.39, 0.29) is 6.10 Å². The summed E-state index contributed by atoms with van der Waals surface area (Å²) in [6, 6.07) is 7.62. The van der Waals surface area contributed by atoms with Crippen molar-refractivity contribution < 1.29 is 9.47 Å². The number of benzene rings is 1. The van der Waals surface area contributed by atoms with Crippen LogP contribution in [-0.2, 0) is 0 Å². The zero-order valence-electron chi connectivity index (χ0n) is 13.5. The highest BCUT2D eigenvalue weighted by Crippen LogP contribution is 2.19. The topological polar surface area (TPSA) is 54.9 Å². The van der Waals surface area contributed by atoms with Crippen molar-refractivity contribution in [2.24, 2.45) is 4.99 Å². The highest BCUT2D eigenvalue weighted by atomic mass is 16.5. The zero-order chi connectivity index (χ0) is 15.5. The number of nitrogens with zero attached hydrogens (tertiary/aromatic N) is 1. The van der Waals surface area contributed by atoms with Crippen LogP contribution in [0.15, 0.2) is 29.3 Å². The van der Waals surface area contributed by atoms with Crippen molar-refractivity contribution in [1.29, 1.82) is 0 Å². The highest BCUT2D eigenvalue weighted by Gasteiger charge is 2.06. The van der Waals surface area contributed by atoms with E-state index in [9.17, 15) is 0 Å².